The Balaban J connectivity index is 2.16. The maximum atomic E-state index is 9.09. The van der Waals surface area contributed by atoms with Gasteiger partial charge in [-0.3, -0.25) is 0 Å². The van der Waals surface area contributed by atoms with E-state index in [-0.39, 0.29) is 6.04 Å². The molecule has 92 valence electrons. The van der Waals surface area contributed by atoms with Gasteiger partial charge in [0.15, 0.2) is 0 Å². The van der Waals surface area contributed by atoms with E-state index in [4.69, 9.17) is 5.21 Å². The predicted molar refractivity (Wildman–Crippen MR) is 69.5 cm³/mol. The van der Waals surface area contributed by atoms with Crippen molar-refractivity contribution < 1.29 is 5.21 Å². The van der Waals surface area contributed by atoms with E-state index >= 15 is 0 Å². The fourth-order valence-electron chi connectivity index (χ4n) is 2.50. The number of benzene rings is 1. The van der Waals surface area contributed by atoms with Crippen LogP contribution >= 0.6 is 0 Å². The van der Waals surface area contributed by atoms with Gasteiger partial charge in [-0.25, -0.2) is 0 Å². The van der Waals surface area contributed by atoms with Crippen LogP contribution in [-0.2, 0) is 0 Å². The summed E-state index contributed by atoms with van der Waals surface area (Å²) >= 11 is 0. The summed E-state index contributed by atoms with van der Waals surface area (Å²) < 4.78 is 0. The molecule has 1 aliphatic rings. The standard InChI is InChI=1S/C14H20N2O/c1-2-6-12-9-10-13(16-17)14(15-12)11-7-4-3-5-8-11/h3-5,7-8,12,14-15,17H,2,6,9-10H2,1H3/b16-13+. The van der Waals surface area contributed by atoms with Crippen molar-refractivity contribution in [1.82, 2.24) is 5.32 Å². The molecule has 0 aromatic heterocycles. The second-order valence-electron chi connectivity index (χ2n) is 4.63. The lowest BCUT2D eigenvalue weighted by Crippen LogP contribution is -2.42. The van der Waals surface area contributed by atoms with Crippen LogP contribution in [0.4, 0.5) is 0 Å². The molecule has 0 amide bonds. The molecule has 1 saturated heterocycles. The molecule has 1 aliphatic heterocycles. The Morgan fingerprint density at radius 3 is 2.76 bits per heavy atom. The smallest absolute Gasteiger partial charge is 0.0785 e. The largest absolute Gasteiger partial charge is 0.411 e. The summed E-state index contributed by atoms with van der Waals surface area (Å²) in [4.78, 5) is 0. The van der Waals surface area contributed by atoms with Gasteiger partial charge in [0.05, 0.1) is 11.8 Å². The number of nitrogens with one attached hydrogen (secondary N) is 1. The summed E-state index contributed by atoms with van der Waals surface area (Å²) in [5.74, 6) is 0. The van der Waals surface area contributed by atoms with Gasteiger partial charge in [-0.2, -0.15) is 0 Å². The maximum Gasteiger partial charge on any atom is 0.0785 e. The summed E-state index contributed by atoms with van der Waals surface area (Å²) in [5, 5.41) is 16.1. The topological polar surface area (TPSA) is 44.6 Å². The highest BCUT2D eigenvalue weighted by atomic mass is 16.4. The van der Waals surface area contributed by atoms with Gasteiger partial charge in [0.1, 0.15) is 0 Å². The summed E-state index contributed by atoms with van der Waals surface area (Å²) in [6.07, 6.45) is 4.32. The number of nitrogens with zero attached hydrogens (tertiary/aromatic N) is 1. The second kappa shape index (κ2) is 5.82. The lowest BCUT2D eigenvalue weighted by molar-refractivity contribution is 0.305. The van der Waals surface area contributed by atoms with Gasteiger partial charge in [-0.15, -0.1) is 0 Å². The minimum Gasteiger partial charge on any atom is -0.411 e. The molecule has 2 atom stereocenters. The van der Waals surface area contributed by atoms with E-state index in [1.54, 1.807) is 0 Å². The molecule has 0 bridgehead atoms. The highest BCUT2D eigenvalue weighted by Crippen LogP contribution is 2.25. The lowest BCUT2D eigenvalue weighted by Gasteiger charge is -2.31. The van der Waals surface area contributed by atoms with Crippen molar-refractivity contribution in [3.05, 3.63) is 35.9 Å². The van der Waals surface area contributed by atoms with Crippen LogP contribution in [0, 0.1) is 0 Å². The summed E-state index contributed by atoms with van der Waals surface area (Å²) in [6, 6.07) is 10.8. The van der Waals surface area contributed by atoms with Gasteiger partial charge in [0, 0.05) is 6.04 Å². The fraction of sp³-hybridized carbons (Fsp3) is 0.500. The predicted octanol–water partition coefficient (Wildman–Crippen LogP) is 3.11. The van der Waals surface area contributed by atoms with Crippen molar-refractivity contribution in [2.75, 3.05) is 0 Å². The zero-order valence-corrected chi connectivity index (χ0v) is 10.3. The van der Waals surface area contributed by atoms with Crippen LogP contribution in [0.2, 0.25) is 0 Å². The molecule has 0 aliphatic carbocycles. The van der Waals surface area contributed by atoms with Crippen molar-refractivity contribution in [2.24, 2.45) is 5.16 Å². The molecule has 1 heterocycles. The zero-order chi connectivity index (χ0) is 12.1. The zero-order valence-electron chi connectivity index (χ0n) is 10.3. The highest BCUT2D eigenvalue weighted by molar-refractivity contribution is 5.90. The average molecular weight is 232 g/mol. The molecular formula is C14H20N2O. The van der Waals surface area contributed by atoms with Crippen LogP contribution in [0.3, 0.4) is 0 Å². The fourth-order valence-corrected chi connectivity index (χ4v) is 2.50. The molecule has 0 spiro atoms. The first-order valence-electron chi connectivity index (χ1n) is 6.37. The molecule has 1 aromatic rings. The van der Waals surface area contributed by atoms with Gasteiger partial charge < -0.3 is 10.5 Å². The Morgan fingerprint density at radius 2 is 2.12 bits per heavy atom. The molecule has 2 rings (SSSR count). The Hall–Kier alpha value is -1.35. The SMILES string of the molecule is CCCC1CC/C(=N\O)C(c2ccccc2)N1. The first-order chi connectivity index (χ1) is 8.35. The molecule has 3 nitrogen and oxygen atoms in total. The van der Waals surface area contributed by atoms with E-state index in [1.807, 2.05) is 18.2 Å². The third kappa shape index (κ3) is 2.86. The van der Waals surface area contributed by atoms with Gasteiger partial charge >= 0.3 is 0 Å². The van der Waals surface area contributed by atoms with Crippen LogP contribution < -0.4 is 5.32 Å². The number of piperidine rings is 1. The van der Waals surface area contributed by atoms with Crippen molar-refractivity contribution in [3.8, 4) is 0 Å². The average Bonchev–Trinajstić information content (AvgIpc) is 2.40. The lowest BCUT2D eigenvalue weighted by atomic mass is 9.90. The van der Waals surface area contributed by atoms with E-state index in [0.29, 0.717) is 6.04 Å². The third-order valence-electron chi connectivity index (χ3n) is 3.38. The van der Waals surface area contributed by atoms with Gasteiger partial charge in [0.25, 0.3) is 0 Å². The van der Waals surface area contributed by atoms with Crippen molar-refractivity contribution in [1.29, 1.82) is 0 Å². The normalized spacial score (nSPS) is 27.2. The maximum absolute atomic E-state index is 9.09. The van der Waals surface area contributed by atoms with Crippen LogP contribution in [0.5, 0.6) is 0 Å². The van der Waals surface area contributed by atoms with Crippen LogP contribution in [0.25, 0.3) is 0 Å². The first kappa shape index (κ1) is 12.1. The van der Waals surface area contributed by atoms with Crippen LogP contribution in [0.1, 0.15) is 44.2 Å². The van der Waals surface area contributed by atoms with Crippen LogP contribution in [0.15, 0.2) is 35.5 Å². The molecule has 1 aromatic carbocycles. The molecule has 0 saturated carbocycles. The van der Waals surface area contributed by atoms with E-state index in [9.17, 15) is 0 Å². The van der Waals surface area contributed by atoms with Crippen molar-refractivity contribution in [3.63, 3.8) is 0 Å². The van der Waals surface area contributed by atoms with E-state index in [0.717, 1.165) is 18.6 Å². The first-order valence-corrected chi connectivity index (χ1v) is 6.37. The molecule has 2 N–H and O–H groups in total. The summed E-state index contributed by atoms with van der Waals surface area (Å²) in [5.41, 5.74) is 2.03. The summed E-state index contributed by atoms with van der Waals surface area (Å²) in [6.45, 7) is 2.20. The Bertz CT molecular complexity index is 375. The molecule has 0 radical (unpaired) electrons. The number of hydrogen-bond donors (Lipinski definition) is 2. The Kier molecular flexibility index (Phi) is 4.15. The molecular weight excluding hydrogens is 212 g/mol. The monoisotopic (exact) mass is 232 g/mol. The second-order valence-corrected chi connectivity index (χ2v) is 4.63. The third-order valence-corrected chi connectivity index (χ3v) is 3.38. The Labute approximate surface area is 103 Å². The molecule has 2 unspecified atom stereocenters. The van der Waals surface area contributed by atoms with Crippen LogP contribution in [-0.4, -0.2) is 17.0 Å². The quantitative estimate of drug-likeness (QED) is 0.621. The van der Waals surface area contributed by atoms with E-state index in [1.165, 1.54) is 18.4 Å². The minimum absolute atomic E-state index is 0.0755. The van der Waals surface area contributed by atoms with Crippen molar-refractivity contribution >= 4 is 5.71 Å². The molecule has 17 heavy (non-hydrogen) atoms. The number of oxime groups is 1. The Morgan fingerprint density at radius 1 is 1.35 bits per heavy atom. The summed E-state index contributed by atoms with van der Waals surface area (Å²) in [7, 11) is 0. The van der Waals surface area contributed by atoms with E-state index in [2.05, 4.69) is 29.5 Å². The molecule has 3 heteroatoms. The van der Waals surface area contributed by atoms with Gasteiger partial charge in [-0.1, -0.05) is 48.8 Å². The number of rotatable bonds is 3. The van der Waals surface area contributed by atoms with Gasteiger partial charge in [-0.05, 0) is 24.8 Å². The van der Waals surface area contributed by atoms with Gasteiger partial charge in [0.2, 0.25) is 0 Å². The number of hydrogen-bond acceptors (Lipinski definition) is 3. The van der Waals surface area contributed by atoms with E-state index < -0.39 is 0 Å². The van der Waals surface area contributed by atoms with Crippen molar-refractivity contribution in [2.45, 2.75) is 44.7 Å². The minimum atomic E-state index is 0.0755. The molecule has 1 fully saturated rings. The highest BCUT2D eigenvalue weighted by Gasteiger charge is 2.27.